The molecule has 6 heteroatoms. The number of carbonyl (C=O) groups excluding carboxylic acids is 1. The number of hydrogen-bond acceptors (Lipinski definition) is 6. The molecule has 1 aromatic carbocycles. The van der Waals surface area contributed by atoms with Gasteiger partial charge in [0.15, 0.2) is 5.16 Å². The van der Waals surface area contributed by atoms with E-state index in [1.54, 1.807) is 21.0 Å². The standard InChI is InChI=1S/C15H16N2O3S/c1-9-13(10(2)17-15(21)16-9)14(18)20-8-11-4-6-12(19-3)7-5-11/h4-7H,8H2,1-3H3,(H,16,17,21). The van der Waals surface area contributed by atoms with Gasteiger partial charge in [-0.3, -0.25) is 0 Å². The van der Waals surface area contributed by atoms with E-state index in [0.717, 1.165) is 11.3 Å². The Bertz CT molecular complexity index is 633. The van der Waals surface area contributed by atoms with Crippen molar-refractivity contribution in [2.75, 3.05) is 7.11 Å². The maximum absolute atomic E-state index is 12.1. The van der Waals surface area contributed by atoms with Gasteiger partial charge in [-0.05, 0) is 31.5 Å². The average Bonchev–Trinajstić information content (AvgIpc) is 2.44. The molecule has 0 saturated heterocycles. The number of rotatable bonds is 4. The topological polar surface area (TPSA) is 61.3 Å². The van der Waals surface area contributed by atoms with E-state index in [9.17, 15) is 4.79 Å². The van der Waals surface area contributed by atoms with Crippen LogP contribution in [0.5, 0.6) is 5.75 Å². The van der Waals surface area contributed by atoms with Gasteiger partial charge in [0.1, 0.15) is 17.9 Å². The predicted octanol–water partition coefficient (Wildman–Crippen LogP) is 2.75. The number of benzene rings is 1. The van der Waals surface area contributed by atoms with E-state index in [0.29, 0.717) is 22.1 Å². The third-order valence-corrected chi connectivity index (χ3v) is 3.19. The van der Waals surface area contributed by atoms with E-state index >= 15 is 0 Å². The van der Waals surface area contributed by atoms with E-state index in [-0.39, 0.29) is 6.61 Å². The van der Waals surface area contributed by atoms with E-state index in [1.165, 1.54) is 0 Å². The number of methoxy groups -OCH3 is 1. The highest BCUT2D eigenvalue weighted by molar-refractivity contribution is 7.80. The lowest BCUT2D eigenvalue weighted by Crippen LogP contribution is -2.12. The normalized spacial score (nSPS) is 10.3. The van der Waals surface area contributed by atoms with Crippen LogP contribution in [0.2, 0.25) is 0 Å². The highest BCUT2D eigenvalue weighted by Gasteiger charge is 2.16. The summed E-state index contributed by atoms with van der Waals surface area (Å²) in [6.07, 6.45) is 0. The van der Waals surface area contributed by atoms with Crippen molar-refractivity contribution < 1.29 is 14.3 Å². The number of hydrogen-bond donors (Lipinski definition) is 1. The van der Waals surface area contributed by atoms with Gasteiger partial charge in [-0.25, -0.2) is 14.8 Å². The number of esters is 1. The molecule has 0 radical (unpaired) electrons. The SMILES string of the molecule is COc1ccc(COC(=O)c2c(C)nc(S)nc2C)cc1. The van der Waals surface area contributed by atoms with Crippen molar-refractivity contribution in [2.24, 2.45) is 0 Å². The first-order valence-electron chi connectivity index (χ1n) is 6.35. The van der Waals surface area contributed by atoms with Crippen molar-refractivity contribution >= 4 is 18.6 Å². The zero-order valence-corrected chi connectivity index (χ0v) is 13.0. The maximum atomic E-state index is 12.1. The van der Waals surface area contributed by atoms with Crippen molar-refractivity contribution in [3.63, 3.8) is 0 Å². The minimum Gasteiger partial charge on any atom is -0.497 e. The maximum Gasteiger partial charge on any atom is 0.342 e. The Balaban J connectivity index is 2.08. The van der Waals surface area contributed by atoms with Gasteiger partial charge in [-0.15, -0.1) is 12.6 Å². The number of carbonyl (C=O) groups is 1. The summed E-state index contributed by atoms with van der Waals surface area (Å²) in [5, 5.41) is 0.344. The summed E-state index contributed by atoms with van der Waals surface area (Å²) < 4.78 is 10.4. The van der Waals surface area contributed by atoms with Crippen LogP contribution >= 0.6 is 12.6 Å². The molecule has 0 fully saturated rings. The van der Waals surface area contributed by atoms with E-state index in [4.69, 9.17) is 9.47 Å². The zero-order chi connectivity index (χ0) is 15.4. The molecule has 2 aromatic rings. The van der Waals surface area contributed by atoms with E-state index in [1.807, 2.05) is 24.3 Å². The van der Waals surface area contributed by atoms with Crippen LogP contribution in [0.15, 0.2) is 29.4 Å². The lowest BCUT2D eigenvalue weighted by molar-refractivity contribution is 0.0469. The predicted molar refractivity (Wildman–Crippen MR) is 80.9 cm³/mol. The second-order valence-electron chi connectivity index (χ2n) is 4.49. The van der Waals surface area contributed by atoms with Gasteiger partial charge in [0, 0.05) is 0 Å². The smallest absolute Gasteiger partial charge is 0.342 e. The molecule has 0 aliphatic carbocycles. The van der Waals surface area contributed by atoms with E-state index < -0.39 is 5.97 Å². The van der Waals surface area contributed by atoms with Crippen molar-refractivity contribution in [3.8, 4) is 5.75 Å². The Morgan fingerprint density at radius 3 is 2.24 bits per heavy atom. The summed E-state index contributed by atoms with van der Waals surface area (Å²) in [5.74, 6) is 0.323. The highest BCUT2D eigenvalue weighted by atomic mass is 32.1. The largest absolute Gasteiger partial charge is 0.497 e. The summed E-state index contributed by atoms with van der Waals surface area (Å²) in [4.78, 5) is 20.3. The molecule has 1 heterocycles. The molecule has 1 aromatic heterocycles. The molecular formula is C15H16N2O3S. The molecule has 2 rings (SSSR count). The summed E-state index contributed by atoms with van der Waals surface area (Å²) in [5.41, 5.74) is 2.40. The Morgan fingerprint density at radius 1 is 1.14 bits per heavy atom. The van der Waals surface area contributed by atoms with Crippen molar-refractivity contribution in [2.45, 2.75) is 25.6 Å². The molecule has 21 heavy (non-hydrogen) atoms. The van der Waals surface area contributed by atoms with Gasteiger partial charge in [0.2, 0.25) is 0 Å². The molecule has 0 bridgehead atoms. The van der Waals surface area contributed by atoms with Gasteiger partial charge in [0.05, 0.1) is 18.5 Å². The second-order valence-corrected chi connectivity index (χ2v) is 4.89. The van der Waals surface area contributed by atoms with Crippen molar-refractivity contribution in [1.29, 1.82) is 0 Å². The van der Waals surface area contributed by atoms with Crippen LogP contribution in [0, 0.1) is 13.8 Å². The van der Waals surface area contributed by atoms with Crippen molar-refractivity contribution in [1.82, 2.24) is 9.97 Å². The third kappa shape index (κ3) is 3.72. The minimum atomic E-state index is -0.436. The molecular weight excluding hydrogens is 288 g/mol. The van der Waals surface area contributed by atoms with Gasteiger partial charge in [-0.1, -0.05) is 12.1 Å². The molecule has 110 valence electrons. The third-order valence-electron chi connectivity index (χ3n) is 2.99. The summed E-state index contributed by atoms with van der Waals surface area (Å²) >= 11 is 4.08. The number of aryl methyl sites for hydroxylation is 2. The Hall–Kier alpha value is -2.08. The zero-order valence-electron chi connectivity index (χ0n) is 12.1. The van der Waals surface area contributed by atoms with Crippen LogP contribution in [-0.2, 0) is 11.3 Å². The molecule has 0 N–H and O–H groups in total. The number of ether oxygens (including phenoxy) is 2. The highest BCUT2D eigenvalue weighted by Crippen LogP contribution is 2.16. The van der Waals surface area contributed by atoms with Crippen LogP contribution in [0.25, 0.3) is 0 Å². The first-order chi connectivity index (χ1) is 10.0. The Morgan fingerprint density at radius 2 is 1.71 bits per heavy atom. The molecule has 0 aliphatic rings. The van der Waals surface area contributed by atoms with Gasteiger partial charge >= 0.3 is 5.97 Å². The second kappa shape index (κ2) is 6.58. The van der Waals surface area contributed by atoms with Crippen LogP contribution in [-0.4, -0.2) is 23.0 Å². The molecule has 0 amide bonds. The summed E-state index contributed by atoms with van der Waals surface area (Å²) in [7, 11) is 1.60. The first-order valence-corrected chi connectivity index (χ1v) is 6.80. The lowest BCUT2D eigenvalue weighted by Gasteiger charge is -2.09. The van der Waals surface area contributed by atoms with Gasteiger partial charge < -0.3 is 9.47 Å². The van der Waals surface area contributed by atoms with Gasteiger partial charge in [0.25, 0.3) is 0 Å². The van der Waals surface area contributed by atoms with Crippen LogP contribution < -0.4 is 4.74 Å². The Labute approximate surface area is 128 Å². The summed E-state index contributed by atoms with van der Waals surface area (Å²) in [6.45, 7) is 3.65. The number of aromatic nitrogens is 2. The molecule has 5 nitrogen and oxygen atoms in total. The molecule has 0 unspecified atom stereocenters. The quantitative estimate of drug-likeness (QED) is 0.534. The van der Waals surface area contributed by atoms with Crippen LogP contribution in [0.3, 0.4) is 0 Å². The lowest BCUT2D eigenvalue weighted by atomic mass is 10.2. The average molecular weight is 304 g/mol. The molecule has 0 atom stereocenters. The fourth-order valence-corrected chi connectivity index (χ4v) is 2.24. The Kier molecular flexibility index (Phi) is 4.80. The van der Waals surface area contributed by atoms with Gasteiger partial charge in [-0.2, -0.15) is 0 Å². The first kappa shape index (κ1) is 15.3. The minimum absolute atomic E-state index is 0.185. The van der Waals surface area contributed by atoms with E-state index in [2.05, 4.69) is 22.6 Å². The molecule has 0 aliphatic heterocycles. The van der Waals surface area contributed by atoms with Crippen molar-refractivity contribution in [3.05, 3.63) is 46.8 Å². The fraction of sp³-hybridized carbons (Fsp3) is 0.267. The van der Waals surface area contributed by atoms with Crippen LogP contribution in [0.4, 0.5) is 0 Å². The molecule has 0 saturated carbocycles. The summed E-state index contributed by atoms with van der Waals surface area (Å²) in [6, 6.07) is 7.33. The fourth-order valence-electron chi connectivity index (χ4n) is 1.94. The number of thiol groups is 1. The van der Waals surface area contributed by atoms with Crippen LogP contribution in [0.1, 0.15) is 27.3 Å². The molecule has 0 spiro atoms. The monoisotopic (exact) mass is 304 g/mol. The number of nitrogens with zero attached hydrogens (tertiary/aromatic N) is 2.